The number of nitrogens with one attached hydrogen (secondary N) is 2. The van der Waals surface area contributed by atoms with E-state index in [1.54, 1.807) is 7.11 Å². The van der Waals surface area contributed by atoms with E-state index in [0.29, 0.717) is 6.54 Å². The molecule has 0 saturated carbocycles. The summed E-state index contributed by atoms with van der Waals surface area (Å²) in [5.74, 6) is 0.927. The van der Waals surface area contributed by atoms with E-state index in [1.807, 2.05) is 36.4 Å². The molecule has 1 amide bonds. The van der Waals surface area contributed by atoms with Crippen LogP contribution in [0.15, 0.2) is 48.5 Å². The molecular formula is C19H22N2O2. The summed E-state index contributed by atoms with van der Waals surface area (Å²) in [6, 6.07) is 16.1. The number of hydrogen-bond acceptors (Lipinski definition) is 3. The molecule has 0 aromatic heterocycles. The Labute approximate surface area is 136 Å². The van der Waals surface area contributed by atoms with Gasteiger partial charge in [0.05, 0.1) is 13.2 Å². The van der Waals surface area contributed by atoms with E-state index in [1.165, 1.54) is 16.7 Å². The highest BCUT2D eigenvalue weighted by atomic mass is 16.5. The molecule has 0 bridgehead atoms. The number of ether oxygens (including phenoxy) is 1. The van der Waals surface area contributed by atoms with Crippen LogP contribution in [0.2, 0.25) is 0 Å². The largest absolute Gasteiger partial charge is 0.497 e. The Morgan fingerprint density at radius 2 is 1.91 bits per heavy atom. The summed E-state index contributed by atoms with van der Waals surface area (Å²) in [6.07, 6.45) is 1.57. The van der Waals surface area contributed by atoms with Crippen LogP contribution in [0.4, 0.5) is 0 Å². The molecule has 3 rings (SSSR count). The van der Waals surface area contributed by atoms with Crippen LogP contribution in [0.5, 0.6) is 5.75 Å². The van der Waals surface area contributed by atoms with Crippen molar-refractivity contribution < 1.29 is 9.53 Å². The quantitative estimate of drug-likeness (QED) is 0.889. The number of carbonyl (C=O) groups excluding carboxylic acids is 1. The normalized spacial score (nSPS) is 16.5. The second-order valence-electron chi connectivity index (χ2n) is 5.80. The van der Waals surface area contributed by atoms with Crippen LogP contribution in [-0.4, -0.2) is 25.6 Å². The Bertz CT molecular complexity index is 667. The topological polar surface area (TPSA) is 50.4 Å². The van der Waals surface area contributed by atoms with Gasteiger partial charge in [0.25, 0.3) is 0 Å². The molecule has 1 aliphatic rings. The summed E-state index contributed by atoms with van der Waals surface area (Å²) >= 11 is 0. The predicted octanol–water partition coefficient (Wildman–Crippen LogP) is 2.07. The monoisotopic (exact) mass is 310 g/mol. The Kier molecular flexibility index (Phi) is 4.93. The number of fused-ring (bicyclic) bond motifs is 1. The lowest BCUT2D eigenvalue weighted by atomic mass is 9.95. The van der Waals surface area contributed by atoms with Crippen molar-refractivity contribution in [3.8, 4) is 5.75 Å². The highest BCUT2D eigenvalue weighted by Crippen LogP contribution is 2.16. The first-order chi connectivity index (χ1) is 11.3. The van der Waals surface area contributed by atoms with E-state index in [2.05, 4.69) is 22.8 Å². The van der Waals surface area contributed by atoms with Crippen molar-refractivity contribution in [2.45, 2.75) is 25.4 Å². The molecule has 1 heterocycles. The zero-order valence-electron chi connectivity index (χ0n) is 13.3. The average molecular weight is 310 g/mol. The number of rotatable bonds is 5. The minimum atomic E-state index is -0.138. The molecule has 2 aromatic carbocycles. The first-order valence-electron chi connectivity index (χ1n) is 7.97. The highest BCUT2D eigenvalue weighted by molar-refractivity contribution is 5.82. The Balaban J connectivity index is 1.48. The fourth-order valence-corrected chi connectivity index (χ4v) is 2.89. The van der Waals surface area contributed by atoms with E-state index in [9.17, 15) is 4.79 Å². The van der Waals surface area contributed by atoms with Crippen LogP contribution < -0.4 is 15.4 Å². The van der Waals surface area contributed by atoms with Gasteiger partial charge in [0.15, 0.2) is 0 Å². The second-order valence-corrected chi connectivity index (χ2v) is 5.80. The minimum Gasteiger partial charge on any atom is -0.497 e. The molecule has 2 aromatic rings. The molecular weight excluding hydrogens is 288 g/mol. The van der Waals surface area contributed by atoms with E-state index in [-0.39, 0.29) is 11.9 Å². The summed E-state index contributed by atoms with van der Waals surface area (Å²) in [5, 5.41) is 6.34. The van der Waals surface area contributed by atoms with E-state index in [4.69, 9.17) is 4.74 Å². The van der Waals surface area contributed by atoms with Crippen molar-refractivity contribution in [3.63, 3.8) is 0 Å². The van der Waals surface area contributed by atoms with Crippen molar-refractivity contribution in [2.75, 3.05) is 13.7 Å². The lowest BCUT2D eigenvalue weighted by molar-refractivity contribution is -0.123. The number of methoxy groups -OCH3 is 1. The lowest BCUT2D eigenvalue weighted by Crippen LogP contribution is -2.48. The van der Waals surface area contributed by atoms with E-state index < -0.39 is 0 Å². The van der Waals surface area contributed by atoms with Gasteiger partial charge in [0.1, 0.15) is 5.75 Å². The van der Waals surface area contributed by atoms with Gasteiger partial charge in [0.2, 0.25) is 5.91 Å². The fourth-order valence-electron chi connectivity index (χ4n) is 2.89. The van der Waals surface area contributed by atoms with Crippen LogP contribution in [-0.2, 0) is 24.2 Å². The molecule has 23 heavy (non-hydrogen) atoms. The molecule has 0 saturated heterocycles. The standard InChI is InChI=1S/C19H22N2O2/c1-23-17-8-6-14(7-9-17)10-11-20-19(22)18-12-15-4-2-3-5-16(15)13-21-18/h2-9,18,21H,10-13H2,1H3,(H,20,22). The third kappa shape index (κ3) is 3.90. The summed E-state index contributed by atoms with van der Waals surface area (Å²) in [6.45, 7) is 1.40. The third-order valence-electron chi connectivity index (χ3n) is 4.27. The molecule has 0 fully saturated rings. The van der Waals surface area contributed by atoms with Crippen LogP contribution in [0.1, 0.15) is 16.7 Å². The Morgan fingerprint density at radius 1 is 1.17 bits per heavy atom. The molecule has 120 valence electrons. The van der Waals surface area contributed by atoms with Gasteiger partial charge in [-0.1, -0.05) is 36.4 Å². The summed E-state index contributed by atoms with van der Waals surface area (Å²) in [7, 11) is 1.66. The first-order valence-corrected chi connectivity index (χ1v) is 7.97. The molecule has 1 unspecified atom stereocenters. The maximum atomic E-state index is 12.3. The van der Waals surface area contributed by atoms with Gasteiger partial charge in [-0.2, -0.15) is 0 Å². The molecule has 0 radical (unpaired) electrons. The molecule has 1 aliphatic heterocycles. The molecule has 0 aliphatic carbocycles. The van der Waals surface area contributed by atoms with Gasteiger partial charge in [-0.15, -0.1) is 0 Å². The maximum Gasteiger partial charge on any atom is 0.237 e. The predicted molar refractivity (Wildman–Crippen MR) is 90.5 cm³/mol. The van der Waals surface area contributed by atoms with Crippen LogP contribution in [0, 0.1) is 0 Å². The number of amides is 1. The molecule has 0 spiro atoms. The second kappa shape index (κ2) is 7.29. The zero-order chi connectivity index (χ0) is 16.1. The molecule has 4 heteroatoms. The van der Waals surface area contributed by atoms with Gasteiger partial charge < -0.3 is 15.4 Å². The van der Waals surface area contributed by atoms with Crippen molar-refractivity contribution in [1.82, 2.24) is 10.6 Å². The maximum absolute atomic E-state index is 12.3. The number of carbonyl (C=O) groups is 1. The fraction of sp³-hybridized carbons (Fsp3) is 0.316. The van der Waals surface area contributed by atoms with Crippen molar-refractivity contribution >= 4 is 5.91 Å². The van der Waals surface area contributed by atoms with Gasteiger partial charge in [0, 0.05) is 13.1 Å². The van der Waals surface area contributed by atoms with E-state index in [0.717, 1.165) is 25.1 Å². The van der Waals surface area contributed by atoms with Gasteiger partial charge in [-0.05, 0) is 41.7 Å². The third-order valence-corrected chi connectivity index (χ3v) is 4.27. The number of benzene rings is 2. The van der Waals surface area contributed by atoms with Crippen molar-refractivity contribution in [2.24, 2.45) is 0 Å². The van der Waals surface area contributed by atoms with Gasteiger partial charge >= 0.3 is 0 Å². The minimum absolute atomic E-state index is 0.0769. The molecule has 4 nitrogen and oxygen atoms in total. The summed E-state index contributed by atoms with van der Waals surface area (Å²) in [4.78, 5) is 12.3. The van der Waals surface area contributed by atoms with Gasteiger partial charge in [-0.25, -0.2) is 0 Å². The smallest absolute Gasteiger partial charge is 0.237 e. The van der Waals surface area contributed by atoms with Crippen LogP contribution in [0.3, 0.4) is 0 Å². The zero-order valence-corrected chi connectivity index (χ0v) is 13.3. The molecule has 1 atom stereocenters. The Hall–Kier alpha value is -2.33. The highest BCUT2D eigenvalue weighted by Gasteiger charge is 2.23. The van der Waals surface area contributed by atoms with Gasteiger partial charge in [-0.3, -0.25) is 4.79 Å². The summed E-state index contributed by atoms with van der Waals surface area (Å²) in [5.41, 5.74) is 3.74. The van der Waals surface area contributed by atoms with E-state index >= 15 is 0 Å². The average Bonchev–Trinajstić information content (AvgIpc) is 2.61. The van der Waals surface area contributed by atoms with Crippen molar-refractivity contribution in [3.05, 3.63) is 65.2 Å². The summed E-state index contributed by atoms with van der Waals surface area (Å²) < 4.78 is 5.14. The van der Waals surface area contributed by atoms with Crippen LogP contribution >= 0.6 is 0 Å². The Morgan fingerprint density at radius 3 is 2.65 bits per heavy atom. The lowest BCUT2D eigenvalue weighted by Gasteiger charge is -2.25. The SMILES string of the molecule is COc1ccc(CCNC(=O)C2Cc3ccccc3CN2)cc1. The molecule has 2 N–H and O–H groups in total. The van der Waals surface area contributed by atoms with Crippen molar-refractivity contribution in [1.29, 1.82) is 0 Å². The number of hydrogen-bond donors (Lipinski definition) is 2. The first kappa shape index (κ1) is 15.6. The van der Waals surface area contributed by atoms with Crippen LogP contribution in [0.25, 0.3) is 0 Å².